The Kier molecular flexibility index (Phi) is 3.40. The lowest BCUT2D eigenvalue weighted by Crippen LogP contribution is -2.21. The number of fused-ring (bicyclic) bond motifs is 1. The lowest BCUT2D eigenvalue weighted by molar-refractivity contribution is -0.114. The zero-order valence-electron chi connectivity index (χ0n) is 13.0. The number of benzene rings is 1. The van der Waals surface area contributed by atoms with Gasteiger partial charge in [0.2, 0.25) is 5.91 Å². The SMILES string of the molecule is CC(=O)Nc1ccc(-n2c(C)c3c(=O)n(C)[nH]c3cc2=O)cc1. The van der Waals surface area contributed by atoms with Crippen molar-refractivity contribution in [2.75, 3.05) is 5.32 Å². The molecule has 3 rings (SSSR count). The fourth-order valence-corrected chi connectivity index (χ4v) is 2.71. The van der Waals surface area contributed by atoms with Gasteiger partial charge in [-0.25, -0.2) is 0 Å². The van der Waals surface area contributed by atoms with Gasteiger partial charge in [-0.15, -0.1) is 0 Å². The van der Waals surface area contributed by atoms with Crippen molar-refractivity contribution in [3.05, 3.63) is 56.7 Å². The van der Waals surface area contributed by atoms with Gasteiger partial charge in [-0.2, -0.15) is 0 Å². The van der Waals surface area contributed by atoms with Crippen LogP contribution in [0.15, 0.2) is 39.9 Å². The third-order valence-corrected chi connectivity index (χ3v) is 3.71. The number of carbonyl (C=O) groups is 1. The molecule has 0 fully saturated rings. The summed E-state index contributed by atoms with van der Waals surface area (Å²) in [5.74, 6) is -0.164. The van der Waals surface area contributed by atoms with E-state index in [0.29, 0.717) is 28.0 Å². The molecule has 7 nitrogen and oxygen atoms in total. The first kappa shape index (κ1) is 14.8. The average molecular weight is 312 g/mol. The highest BCUT2D eigenvalue weighted by Gasteiger charge is 2.13. The molecule has 0 atom stereocenters. The molecule has 2 heterocycles. The second-order valence-electron chi connectivity index (χ2n) is 5.40. The van der Waals surface area contributed by atoms with E-state index < -0.39 is 0 Å². The van der Waals surface area contributed by atoms with Gasteiger partial charge in [-0.05, 0) is 31.2 Å². The molecule has 1 aromatic carbocycles. The molecule has 0 spiro atoms. The van der Waals surface area contributed by atoms with E-state index in [4.69, 9.17) is 0 Å². The number of pyridine rings is 1. The number of anilines is 1. The molecule has 1 amide bonds. The molecular weight excluding hydrogens is 296 g/mol. The standard InChI is InChI=1S/C16H16N4O3/c1-9-15-13(18-19(3)16(15)23)8-14(22)20(9)12-6-4-11(5-7-12)17-10(2)21/h4-8,18H,1-3H3,(H,17,21). The summed E-state index contributed by atoms with van der Waals surface area (Å²) in [6, 6.07) is 8.28. The lowest BCUT2D eigenvalue weighted by Gasteiger charge is -2.11. The van der Waals surface area contributed by atoms with Crippen LogP contribution in [-0.2, 0) is 11.8 Å². The molecule has 0 aliphatic rings. The fraction of sp³-hybridized carbons (Fsp3) is 0.188. The van der Waals surface area contributed by atoms with Crippen LogP contribution in [0.3, 0.4) is 0 Å². The number of rotatable bonds is 2. The smallest absolute Gasteiger partial charge is 0.275 e. The summed E-state index contributed by atoms with van der Waals surface area (Å²) < 4.78 is 2.83. The average Bonchev–Trinajstić information content (AvgIpc) is 2.75. The van der Waals surface area contributed by atoms with Crippen molar-refractivity contribution < 1.29 is 4.79 Å². The highest BCUT2D eigenvalue weighted by molar-refractivity contribution is 5.88. The van der Waals surface area contributed by atoms with Gasteiger partial charge in [0.15, 0.2) is 0 Å². The van der Waals surface area contributed by atoms with Crippen LogP contribution in [-0.4, -0.2) is 20.3 Å². The highest BCUT2D eigenvalue weighted by Crippen LogP contribution is 2.17. The van der Waals surface area contributed by atoms with Gasteiger partial charge in [0, 0.05) is 37.1 Å². The summed E-state index contributed by atoms with van der Waals surface area (Å²) >= 11 is 0. The van der Waals surface area contributed by atoms with E-state index in [2.05, 4.69) is 10.4 Å². The number of nitrogens with one attached hydrogen (secondary N) is 2. The zero-order valence-corrected chi connectivity index (χ0v) is 13.0. The Bertz CT molecular complexity index is 1020. The summed E-state index contributed by atoms with van der Waals surface area (Å²) in [5.41, 5.74) is 1.95. The number of hydrogen-bond donors (Lipinski definition) is 2. The van der Waals surface area contributed by atoms with Crippen LogP contribution in [0.25, 0.3) is 16.6 Å². The molecule has 0 bridgehead atoms. The molecule has 0 saturated carbocycles. The normalized spacial score (nSPS) is 10.9. The van der Waals surface area contributed by atoms with E-state index >= 15 is 0 Å². The third-order valence-electron chi connectivity index (χ3n) is 3.71. The van der Waals surface area contributed by atoms with Crippen molar-refractivity contribution in [2.45, 2.75) is 13.8 Å². The minimum Gasteiger partial charge on any atom is -0.326 e. The van der Waals surface area contributed by atoms with Crippen LogP contribution >= 0.6 is 0 Å². The predicted octanol–water partition coefficient (Wildman–Crippen LogP) is 1.28. The molecule has 2 N–H and O–H groups in total. The first-order valence-electron chi connectivity index (χ1n) is 7.08. The summed E-state index contributed by atoms with van der Waals surface area (Å²) in [5, 5.41) is 6.02. The van der Waals surface area contributed by atoms with Crippen molar-refractivity contribution in [3.63, 3.8) is 0 Å². The monoisotopic (exact) mass is 312 g/mol. The second kappa shape index (κ2) is 5.28. The number of amides is 1. The first-order chi connectivity index (χ1) is 10.9. The summed E-state index contributed by atoms with van der Waals surface area (Å²) in [4.78, 5) is 35.6. The quantitative estimate of drug-likeness (QED) is 0.747. The summed E-state index contributed by atoms with van der Waals surface area (Å²) in [7, 11) is 1.61. The Morgan fingerprint density at radius 1 is 1.17 bits per heavy atom. The maximum atomic E-state index is 12.4. The third kappa shape index (κ3) is 2.46. The van der Waals surface area contributed by atoms with Crippen LogP contribution in [0, 0.1) is 6.92 Å². The fourth-order valence-electron chi connectivity index (χ4n) is 2.71. The predicted molar refractivity (Wildman–Crippen MR) is 88.2 cm³/mol. The van der Waals surface area contributed by atoms with Gasteiger partial charge in [0.1, 0.15) is 0 Å². The van der Waals surface area contributed by atoms with Gasteiger partial charge >= 0.3 is 0 Å². The van der Waals surface area contributed by atoms with E-state index in [1.807, 2.05) is 0 Å². The number of hydrogen-bond acceptors (Lipinski definition) is 3. The molecular formula is C16H16N4O3. The van der Waals surface area contributed by atoms with E-state index in [-0.39, 0.29) is 17.0 Å². The Morgan fingerprint density at radius 3 is 2.43 bits per heavy atom. The minimum absolute atomic E-state index is 0.164. The van der Waals surface area contributed by atoms with Gasteiger partial charge in [0.05, 0.1) is 10.9 Å². The number of aromatic nitrogens is 3. The van der Waals surface area contributed by atoms with E-state index in [0.717, 1.165) is 0 Å². The molecule has 118 valence electrons. The molecule has 0 aliphatic carbocycles. The van der Waals surface area contributed by atoms with E-state index in [9.17, 15) is 14.4 Å². The van der Waals surface area contributed by atoms with Gasteiger partial charge in [-0.1, -0.05) is 0 Å². The molecule has 0 radical (unpaired) electrons. The van der Waals surface area contributed by atoms with Crippen molar-refractivity contribution in [1.82, 2.24) is 14.3 Å². The Balaban J connectivity index is 2.20. The topological polar surface area (TPSA) is 88.9 Å². The molecule has 2 aromatic heterocycles. The lowest BCUT2D eigenvalue weighted by atomic mass is 10.2. The minimum atomic E-state index is -0.232. The molecule has 7 heteroatoms. The maximum absolute atomic E-state index is 12.4. The van der Waals surface area contributed by atoms with Crippen molar-refractivity contribution in [2.24, 2.45) is 7.05 Å². The number of nitrogens with zero attached hydrogens (tertiary/aromatic N) is 2. The number of aryl methyl sites for hydroxylation is 2. The first-order valence-corrected chi connectivity index (χ1v) is 7.08. The Morgan fingerprint density at radius 2 is 1.83 bits per heavy atom. The molecule has 3 aromatic rings. The van der Waals surface area contributed by atoms with Crippen LogP contribution < -0.4 is 16.4 Å². The van der Waals surface area contributed by atoms with Gasteiger partial charge in [-0.3, -0.25) is 28.7 Å². The van der Waals surface area contributed by atoms with Crippen molar-refractivity contribution in [1.29, 1.82) is 0 Å². The highest BCUT2D eigenvalue weighted by atomic mass is 16.1. The molecule has 0 aliphatic heterocycles. The Labute approximate surface area is 131 Å². The van der Waals surface area contributed by atoms with Crippen LogP contribution in [0.4, 0.5) is 5.69 Å². The number of H-pyrrole nitrogens is 1. The van der Waals surface area contributed by atoms with Crippen LogP contribution in [0.2, 0.25) is 0 Å². The van der Waals surface area contributed by atoms with Crippen molar-refractivity contribution in [3.8, 4) is 5.69 Å². The summed E-state index contributed by atoms with van der Waals surface area (Å²) in [6.45, 7) is 3.17. The van der Waals surface area contributed by atoms with Crippen LogP contribution in [0.5, 0.6) is 0 Å². The maximum Gasteiger partial charge on any atom is 0.275 e. The van der Waals surface area contributed by atoms with Crippen LogP contribution in [0.1, 0.15) is 12.6 Å². The van der Waals surface area contributed by atoms with Crippen molar-refractivity contribution >= 4 is 22.5 Å². The number of aromatic amines is 1. The molecule has 0 unspecified atom stereocenters. The molecule has 23 heavy (non-hydrogen) atoms. The Hall–Kier alpha value is -3.09. The van der Waals surface area contributed by atoms with E-state index in [1.165, 1.54) is 22.2 Å². The molecule has 0 saturated heterocycles. The summed E-state index contributed by atoms with van der Waals surface area (Å²) in [6.07, 6.45) is 0. The van der Waals surface area contributed by atoms with Gasteiger partial charge < -0.3 is 5.32 Å². The number of carbonyl (C=O) groups excluding carboxylic acids is 1. The van der Waals surface area contributed by atoms with Gasteiger partial charge in [0.25, 0.3) is 11.1 Å². The zero-order chi connectivity index (χ0) is 16.7. The second-order valence-corrected chi connectivity index (χ2v) is 5.40. The van der Waals surface area contributed by atoms with E-state index in [1.54, 1.807) is 38.2 Å². The largest absolute Gasteiger partial charge is 0.326 e.